The Morgan fingerprint density at radius 1 is 0.963 bits per heavy atom. The summed E-state index contributed by atoms with van der Waals surface area (Å²) in [7, 11) is -3.28. The maximum Gasteiger partial charge on any atom is 0.229 e. The van der Waals surface area contributed by atoms with Crippen LogP contribution in [0.15, 0.2) is 24.3 Å². The number of benzene rings is 1. The number of aliphatic hydroxyl groups is 1. The second-order valence-electron chi connectivity index (χ2n) is 7.64. The molecular formula is C21H39N2O3S+. The molecule has 1 atom stereocenters. The van der Waals surface area contributed by atoms with E-state index in [4.69, 9.17) is 0 Å². The summed E-state index contributed by atoms with van der Waals surface area (Å²) in [5, 5.41) is 10.6. The van der Waals surface area contributed by atoms with Crippen LogP contribution in [-0.4, -0.2) is 50.4 Å². The summed E-state index contributed by atoms with van der Waals surface area (Å²) < 4.78 is 26.1. The zero-order valence-corrected chi connectivity index (χ0v) is 18.4. The van der Waals surface area contributed by atoms with Gasteiger partial charge in [0.15, 0.2) is 0 Å². The van der Waals surface area contributed by atoms with E-state index in [0.717, 1.165) is 42.4 Å². The van der Waals surface area contributed by atoms with Crippen molar-refractivity contribution in [2.45, 2.75) is 65.4 Å². The van der Waals surface area contributed by atoms with Gasteiger partial charge in [0, 0.05) is 12.1 Å². The lowest BCUT2D eigenvalue weighted by atomic mass is 10.0. The summed E-state index contributed by atoms with van der Waals surface area (Å²) in [6.45, 7) is 11.1. The van der Waals surface area contributed by atoms with E-state index in [0.29, 0.717) is 5.69 Å². The van der Waals surface area contributed by atoms with Crippen LogP contribution >= 0.6 is 0 Å². The van der Waals surface area contributed by atoms with Gasteiger partial charge in [0.05, 0.1) is 38.5 Å². The Bertz CT molecular complexity index is 625. The number of hydrogen-bond acceptors (Lipinski definition) is 3. The number of aliphatic hydroxyl groups excluding tert-OH is 1. The largest absolute Gasteiger partial charge is 0.388 e. The molecule has 0 heterocycles. The highest BCUT2D eigenvalue weighted by molar-refractivity contribution is 7.92. The number of hydrogen-bond donors (Lipinski definition) is 2. The summed E-state index contributed by atoms with van der Waals surface area (Å²) in [5.41, 5.74) is 1.36. The van der Waals surface area contributed by atoms with Crippen molar-refractivity contribution in [3.8, 4) is 0 Å². The minimum Gasteiger partial charge on any atom is -0.388 e. The molecule has 1 aromatic rings. The molecule has 1 rings (SSSR count). The molecule has 0 aromatic heterocycles. The Morgan fingerprint density at radius 3 is 2.07 bits per heavy atom. The van der Waals surface area contributed by atoms with E-state index in [9.17, 15) is 13.5 Å². The van der Waals surface area contributed by atoms with Crippen LogP contribution in [-0.2, 0) is 10.0 Å². The standard InChI is InChI=1S/C21H39N2O3S/c1-5-8-9-10-11-17-23(6-2,7-3)18-16-21(24)19-12-14-20(15-13-19)22-27(4,25)26/h12-15,21-22,24H,5-11,16-18H2,1-4H3/q+1. The molecule has 1 aromatic carbocycles. The molecule has 0 bridgehead atoms. The summed E-state index contributed by atoms with van der Waals surface area (Å²) in [5.74, 6) is 0. The third-order valence-corrected chi connectivity index (χ3v) is 6.16. The first-order chi connectivity index (χ1) is 12.7. The summed E-state index contributed by atoms with van der Waals surface area (Å²) >= 11 is 0. The Hall–Kier alpha value is -1.11. The zero-order valence-electron chi connectivity index (χ0n) is 17.6. The van der Waals surface area contributed by atoms with Crippen LogP contribution < -0.4 is 4.72 Å². The van der Waals surface area contributed by atoms with Gasteiger partial charge >= 0.3 is 0 Å². The number of anilines is 1. The topological polar surface area (TPSA) is 66.4 Å². The van der Waals surface area contributed by atoms with Gasteiger partial charge in [-0.1, -0.05) is 38.3 Å². The van der Waals surface area contributed by atoms with Gasteiger partial charge in [0.25, 0.3) is 0 Å². The monoisotopic (exact) mass is 399 g/mol. The Morgan fingerprint density at radius 2 is 1.56 bits per heavy atom. The molecule has 6 heteroatoms. The number of rotatable bonds is 14. The van der Waals surface area contributed by atoms with Crippen molar-refractivity contribution < 1.29 is 18.0 Å². The molecule has 0 saturated carbocycles. The first-order valence-corrected chi connectivity index (χ1v) is 12.2. The molecule has 0 amide bonds. The fourth-order valence-electron chi connectivity index (χ4n) is 3.57. The number of unbranched alkanes of at least 4 members (excludes halogenated alkanes) is 4. The highest BCUT2D eigenvalue weighted by Crippen LogP contribution is 2.22. The van der Waals surface area contributed by atoms with Crippen LogP contribution in [0, 0.1) is 0 Å². The molecule has 0 spiro atoms. The van der Waals surface area contributed by atoms with Crippen molar-refractivity contribution in [3.63, 3.8) is 0 Å². The van der Waals surface area contributed by atoms with Crippen molar-refractivity contribution >= 4 is 15.7 Å². The summed E-state index contributed by atoms with van der Waals surface area (Å²) in [4.78, 5) is 0. The van der Waals surface area contributed by atoms with Crippen molar-refractivity contribution in [2.24, 2.45) is 0 Å². The van der Waals surface area contributed by atoms with Crippen LogP contribution in [0.2, 0.25) is 0 Å². The molecule has 1 unspecified atom stereocenters. The van der Waals surface area contributed by atoms with Crippen LogP contribution in [0.25, 0.3) is 0 Å². The van der Waals surface area contributed by atoms with E-state index in [1.54, 1.807) is 24.3 Å². The first kappa shape index (κ1) is 23.9. The maximum atomic E-state index is 11.3. The third kappa shape index (κ3) is 9.08. The Balaban J connectivity index is 2.58. The number of nitrogens with zero attached hydrogens (tertiary/aromatic N) is 1. The van der Waals surface area contributed by atoms with Gasteiger partial charge < -0.3 is 9.59 Å². The van der Waals surface area contributed by atoms with Crippen LogP contribution in [0.3, 0.4) is 0 Å². The normalized spacial score (nSPS) is 13.5. The molecule has 27 heavy (non-hydrogen) atoms. The second-order valence-corrected chi connectivity index (χ2v) is 9.38. The van der Waals surface area contributed by atoms with E-state index in [2.05, 4.69) is 25.5 Å². The molecule has 5 nitrogen and oxygen atoms in total. The van der Waals surface area contributed by atoms with Gasteiger partial charge in [-0.05, 0) is 44.4 Å². The van der Waals surface area contributed by atoms with Gasteiger partial charge in [-0.15, -0.1) is 0 Å². The lowest BCUT2D eigenvalue weighted by Gasteiger charge is -2.37. The highest BCUT2D eigenvalue weighted by atomic mass is 32.2. The zero-order chi connectivity index (χ0) is 20.3. The summed E-state index contributed by atoms with van der Waals surface area (Å²) in [6, 6.07) is 7.01. The molecule has 0 fully saturated rings. The SMILES string of the molecule is CCCCCCC[N+](CC)(CC)CCC(O)c1ccc(NS(C)(=O)=O)cc1. The average molecular weight is 400 g/mol. The van der Waals surface area contributed by atoms with Crippen LogP contribution in [0.4, 0.5) is 5.69 Å². The molecule has 0 saturated heterocycles. The maximum absolute atomic E-state index is 11.3. The predicted octanol–water partition coefficient (Wildman–Crippen LogP) is 4.31. The minimum absolute atomic E-state index is 0.520. The molecule has 0 aliphatic rings. The smallest absolute Gasteiger partial charge is 0.229 e. The van der Waals surface area contributed by atoms with Gasteiger partial charge in [-0.25, -0.2) is 8.42 Å². The van der Waals surface area contributed by atoms with E-state index in [1.807, 2.05) is 0 Å². The van der Waals surface area contributed by atoms with Crippen molar-refractivity contribution in [3.05, 3.63) is 29.8 Å². The van der Waals surface area contributed by atoms with E-state index < -0.39 is 16.1 Å². The molecular weight excluding hydrogens is 360 g/mol. The van der Waals surface area contributed by atoms with Crippen molar-refractivity contribution in [1.82, 2.24) is 0 Å². The van der Waals surface area contributed by atoms with E-state index in [-0.39, 0.29) is 0 Å². The average Bonchev–Trinajstić information content (AvgIpc) is 2.63. The highest BCUT2D eigenvalue weighted by Gasteiger charge is 2.24. The van der Waals surface area contributed by atoms with Gasteiger partial charge in [-0.3, -0.25) is 4.72 Å². The lowest BCUT2D eigenvalue weighted by molar-refractivity contribution is -0.925. The van der Waals surface area contributed by atoms with Gasteiger partial charge in [0.2, 0.25) is 10.0 Å². The quantitative estimate of drug-likeness (QED) is 0.362. The third-order valence-electron chi connectivity index (χ3n) is 5.55. The van der Waals surface area contributed by atoms with Crippen molar-refractivity contribution in [1.29, 1.82) is 0 Å². The predicted molar refractivity (Wildman–Crippen MR) is 114 cm³/mol. The minimum atomic E-state index is -3.28. The number of nitrogens with one attached hydrogen (secondary N) is 1. The Labute approximate surface area is 166 Å². The Kier molecular flexibility index (Phi) is 10.3. The first-order valence-electron chi connectivity index (χ1n) is 10.4. The van der Waals surface area contributed by atoms with Crippen LogP contribution in [0.5, 0.6) is 0 Å². The molecule has 2 N–H and O–H groups in total. The van der Waals surface area contributed by atoms with E-state index >= 15 is 0 Å². The molecule has 156 valence electrons. The molecule has 0 aliphatic heterocycles. The van der Waals surface area contributed by atoms with Gasteiger partial charge in [-0.2, -0.15) is 0 Å². The molecule has 0 radical (unpaired) electrons. The fourth-order valence-corrected chi connectivity index (χ4v) is 4.13. The summed E-state index contributed by atoms with van der Waals surface area (Å²) in [6.07, 6.45) is 7.79. The van der Waals surface area contributed by atoms with Gasteiger partial charge in [0.1, 0.15) is 0 Å². The fraction of sp³-hybridized carbons (Fsp3) is 0.714. The lowest BCUT2D eigenvalue weighted by Crippen LogP contribution is -2.49. The van der Waals surface area contributed by atoms with E-state index in [1.165, 1.54) is 38.6 Å². The second kappa shape index (κ2) is 11.7. The van der Waals surface area contributed by atoms with Crippen LogP contribution in [0.1, 0.15) is 71.0 Å². The number of sulfonamides is 1. The van der Waals surface area contributed by atoms with Crippen molar-refractivity contribution in [2.75, 3.05) is 37.2 Å². The molecule has 0 aliphatic carbocycles. The number of quaternary nitrogens is 1.